The van der Waals surface area contributed by atoms with Crippen molar-refractivity contribution < 1.29 is 22.3 Å². The number of benzene rings is 1. The normalized spacial score (nSPS) is 11.6. The molecular formula is C13H19FN2O4S. The highest BCUT2D eigenvalue weighted by Gasteiger charge is 2.17. The van der Waals surface area contributed by atoms with Crippen LogP contribution < -0.4 is 4.72 Å². The van der Waals surface area contributed by atoms with E-state index in [2.05, 4.69) is 9.46 Å². The summed E-state index contributed by atoms with van der Waals surface area (Å²) < 4.78 is 44.6. The van der Waals surface area contributed by atoms with Crippen molar-refractivity contribution in [3.8, 4) is 0 Å². The fourth-order valence-electron chi connectivity index (χ4n) is 1.60. The molecule has 0 bridgehead atoms. The van der Waals surface area contributed by atoms with E-state index in [0.717, 1.165) is 4.31 Å². The highest BCUT2D eigenvalue weighted by Crippen LogP contribution is 2.04. The quantitative estimate of drug-likeness (QED) is 0.716. The van der Waals surface area contributed by atoms with E-state index in [-0.39, 0.29) is 25.3 Å². The van der Waals surface area contributed by atoms with E-state index < -0.39 is 16.2 Å². The van der Waals surface area contributed by atoms with Crippen molar-refractivity contribution >= 4 is 16.2 Å². The summed E-state index contributed by atoms with van der Waals surface area (Å²) in [5, 5.41) is 0. The molecule has 1 N–H and O–H groups in total. The molecular weight excluding hydrogens is 299 g/mol. The second kappa shape index (κ2) is 8.06. The molecule has 0 unspecified atom stereocenters. The van der Waals surface area contributed by atoms with E-state index in [0.29, 0.717) is 12.0 Å². The molecule has 0 saturated heterocycles. The number of esters is 1. The van der Waals surface area contributed by atoms with Crippen molar-refractivity contribution in [3.63, 3.8) is 0 Å². The molecule has 0 amide bonds. The van der Waals surface area contributed by atoms with E-state index in [1.807, 2.05) is 0 Å². The number of carbonyl (C=O) groups excluding carboxylic acids is 1. The topological polar surface area (TPSA) is 75.7 Å². The molecule has 0 radical (unpaired) electrons. The molecule has 6 nitrogen and oxygen atoms in total. The van der Waals surface area contributed by atoms with Gasteiger partial charge in [-0.3, -0.25) is 4.79 Å². The Morgan fingerprint density at radius 3 is 2.76 bits per heavy atom. The van der Waals surface area contributed by atoms with Gasteiger partial charge in [0.1, 0.15) is 5.82 Å². The van der Waals surface area contributed by atoms with Crippen LogP contribution >= 0.6 is 0 Å². The summed E-state index contributed by atoms with van der Waals surface area (Å²) in [6.45, 7) is 0.177. The molecule has 0 aliphatic rings. The largest absolute Gasteiger partial charge is 0.469 e. The Balaban J connectivity index is 2.43. The molecule has 0 saturated carbocycles. The van der Waals surface area contributed by atoms with Crippen molar-refractivity contribution in [3.05, 3.63) is 35.6 Å². The summed E-state index contributed by atoms with van der Waals surface area (Å²) in [6, 6.07) is 5.98. The Labute approximate surface area is 124 Å². The minimum atomic E-state index is -3.66. The lowest BCUT2D eigenvalue weighted by Crippen LogP contribution is -2.40. The van der Waals surface area contributed by atoms with Gasteiger partial charge in [-0.1, -0.05) is 12.1 Å². The predicted molar refractivity (Wildman–Crippen MR) is 76.3 cm³/mol. The fourth-order valence-corrected chi connectivity index (χ4v) is 2.51. The second-order valence-electron chi connectivity index (χ2n) is 4.43. The molecule has 118 valence electrons. The third-order valence-electron chi connectivity index (χ3n) is 2.86. The van der Waals surface area contributed by atoms with Gasteiger partial charge in [-0.25, -0.2) is 9.11 Å². The van der Waals surface area contributed by atoms with Crippen LogP contribution in [0.25, 0.3) is 0 Å². The maximum atomic E-state index is 13.0. The van der Waals surface area contributed by atoms with Gasteiger partial charge in [-0.2, -0.15) is 12.7 Å². The third kappa shape index (κ3) is 6.19. The summed E-state index contributed by atoms with van der Waals surface area (Å²) in [5.74, 6) is -0.831. The Kier molecular flexibility index (Phi) is 6.73. The minimum absolute atomic E-state index is 0.0161. The number of halogens is 1. The first-order chi connectivity index (χ1) is 9.85. The van der Waals surface area contributed by atoms with Crippen LogP contribution in [0.5, 0.6) is 0 Å². The number of hydrogen-bond donors (Lipinski definition) is 1. The van der Waals surface area contributed by atoms with Crippen molar-refractivity contribution in [2.24, 2.45) is 0 Å². The summed E-state index contributed by atoms with van der Waals surface area (Å²) in [5.41, 5.74) is 0.704. The predicted octanol–water partition coefficient (Wildman–Crippen LogP) is 0.698. The lowest BCUT2D eigenvalue weighted by molar-refractivity contribution is -0.140. The summed E-state index contributed by atoms with van der Waals surface area (Å²) in [6.07, 6.45) is 0.361. The van der Waals surface area contributed by atoms with Crippen molar-refractivity contribution in [2.45, 2.75) is 12.8 Å². The van der Waals surface area contributed by atoms with Gasteiger partial charge >= 0.3 is 5.97 Å². The Morgan fingerprint density at radius 1 is 1.43 bits per heavy atom. The monoisotopic (exact) mass is 318 g/mol. The molecule has 0 aromatic heterocycles. The number of nitrogens with zero attached hydrogens (tertiary/aromatic N) is 1. The fraction of sp³-hybridized carbons (Fsp3) is 0.462. The number of ether oxygens (including phenoxy) is 1. The van der Waals surface area contributed by atoms with E-state index in [1.165, 1.54) is 26.3 Å². The smallest absolute Gasteiger partial charge is 0.306 e. The molecule has 1 aromatic rings. The Hall–Kier alpha value is -1.51. The van der Waals surface area contributed by atoms with E-state index in [1.54, 1.807) is 12.1 Å². The first kappa shape index (κ1) is 17.5. The van der Waals surface area contributed by atoms with Crippen LogP contribution in [0.4, 0.5) is 4.39 Å². The standard InChI is InChI=1S/C13H19FN2O4S/c1-16(9-7-13(17)20-2)21(18,19)15-8-6-11-4-3-5-12(14)10-11/h3-5,10,15H,6-9H2,1-2H3. The number of carbonyl (C=O) groups is 1. The molecule has 0 spiro atoms. The first-order valence-corrected chi connectivity index (χ1v) is 7.81. The van der Waals surface area contributed by atoms with Crippen LogP contribution in [-0.2, 0) is 26.2 Å². The average Bonchev–Trinajstić information content (AvgIpc) is 2.44. The number of nitrogens with one attached hydrogen (secondary N) is 1. The van der Waals surface area contributed by atoms with Crippen LogP contribution in [0.3, 0.4) is 0 Å². The summed E-state index contributed by atoms with van der Waals surface area (Å²) >= 11 is 0. The number of methoxy groups -OCH3 is 1. The van der Waals surface area contributed by atoms with Crippen molar-refractivity contribution in [1.82, 2.24) is 9.03 Å². The maximum Gasteiger partial charge on any atom is 0.306 e. The van der Waals surface area contributed by atoms with Gasteiger partial charge in [0.05, 0.1) is 13.5 Å². The highest BCUT2D eigenvalue weighted by atomic mass is 32.2. The zero-order valence-corrected chi connectivity index (χ0v) is 12.8. The lowest BCUT2D eigenvalue weighted by atomic mass is 10.1. The average molecular weight is 318 g/mol. The third-order valence-corrected chi connectivity index (χ3v) is 4.43. The minimum Gasteiger partial charge on any atom is -0.469 e. The van der Waals surface area contributed by atoms with Crippen LogP contribution in [0, 0.1) is 5.82 Å². The summed E-state index contributed by atoms with van der Waals surface area (Å²) in [4.78, 5) is 11.0. The van der Waals surface area contributed by atoms with E-state index in [4.69, 9.17) is 0 Å². The Bertz CT molecular complexity index is 577. The van der Waals surface area contributed by atoms with Gasteiger partial charge in [0, 0.05) is 20.1 Å². The van der Waals surface area contributed by atoms with Gasteiger partial charge in [0.2, 0.25) is 0 Å². The van der Waals surface area contributed by atoms with Gasteiger partial charge in [0.15, 0.2) is 0 Å². The number of rotatable bonds is 8. The zero-order valence-electron chi connectivity index (χ0n) is 12.0. The lowest BCUT2D eigenvalue weighted by Gasteiger charge is -2.17. The van der Waals surface area contributed by atoms with Gasteiger partial charge < -0.3 is 4.74 Å². The van der Waals surface area contributed by atoms with Gasteiger partial charge in [-0.15, -0.1) is 0 Å². The first-order valence-electron chi connectivity index (χ1n) is 6.37. The molecule has 8 heteroatoms. The summed E-state index contributed by atoms with van der Waals surface area (Å²) in [7, 11) is -1.05. The maximum absolute atomic E-state index is 13.0. The zero-order chi connectivity index (χ0) is 15.9. The van der Waals surface area contributed by atoms with Crippen molar-refractivity contribution in [2.75, 3.05) is 27.2 Å². The van der Waals surface area contributed by atoms with Crippen LogP contribution in [0.15, 0.2) is 24.3 Å². The van der Waals surface area contributed by atoms with Crippen LogP contribution in [-0.4, -0.2) is 45.9 Å². The molecule has 0 fully saturated rings. The molecule has 0 aliphatic carbocycles. The molecule has 21 heavy (non-hydrogen) atoms. The van der Waals surface area contributed by atoms with Crippen molar-refractivity contribution in [1.29, 1.82) is 0 Å². The SMILES string of the molecule is COC(=O)CCN(C)S(=O)(=O)NCCc1cccc(F)c1. The Morgan fingerprint density at radius 2 is 2.14 bits per heavy atom. The molecule has 0 atom stereocenters. The molecule has 1 rings (SSSR count). The van der Waals surface area contributed by atoms with Crippen LogP contribution in [0.1, 0.15) is 12.0 Å². The molecule has 1 aromatic carbocycles. The molecule has 0 heterocycles. The van der Waals surface area contributed by atoms with E-state index >= 15 is 0 Å². The van der Waals surface area contributed by atoms with E-state index in [9.17, 15) is 17.6 Å². The second-order valence-corrected chi connectivity index (χ2v) is 6.29. The highest BCUT2D eigenvalue weighted by molar-refractivity contribution is 7.87. The number of hydrogen-bond acceptors (Lipinski definition) is 4. The molecule has 0 aliphatic heterocycles. The van der Waals surface area contributed by atoms with Crippen LogP contribution in [0.2, 0.25) is 0 Å². The van der Waals surface area contributed by atoms with Gasteiger partial charge in [-0.05, 0) is 24.1 Å². The van der Waals surface area contributed by atoms with Gasteiger partial charge in [0.25, 0.3) is 10.2 Å².